The molecule has 13 heavy (non-hydrogen) atoms. The summed E-state index contributed by atoms with van der Waals surface area (Å²) in [5.74, 6) is 0.868. The molecule has 0 amide bonds. The summed E-state index contributed by atoms with van der Waals surface area (Å²) in [4.78, 5) is 9.72. The summed E-state index contributed by atoms with van der Waals surface area (Å²) >= 11 is 8.31. The Kier molecular flexibility index (Phi) is 6.18. The van der Waals surface area contributed by atoms with Gasteiger partial charge in [-0.05, 0) is 24.3 Å². The van der Waals surface area contributed by atoms with Crippen LogP contribution in [-0.4, -0.2) is 17.6 Å². The van der Waals surface area contributed by atoms with Crippen LogP contribution >= 0.6 is 24.2 Å². The summed E-state index contributed by atoms with van der Waals surface area (Å²) in [5.41, 5.74) is -1.36. The first kappa shape index (κ1) is 12.1. The van der Waals surface area contributed by atoms with Crippen LogP contribution in [0.4, 0.5) is 4.79 Å². The summed E-state index contributed by atoms with van der Waals surface area (Å²) < 4.78 is 4.94. The van der Waals surface area contributed by atoms with E-state index in [2.05, 4.69) is 24.2 Å². The molecule has 0 radical (unpaired) electrons. The molecular formula is C8H9ClO3S. The van der Waals surface area contributed by atoms with Crippen LogP contribution in [0.15, 0.2) is 29.2 Å². The average Bonchev–Trinajstić information content (AvgIpc) is 2.05. The maximum Gasteiger partial charge on any atom is 0.401 e. The van der Waals surface area contributed by atoms with Gasteiger partial charge >= 0.3 is 5.43 Å². The molecule has 0 aliphatic carbocycles. The van der Waals surface area contributed by atoms with Crippen LogP contribution in [0.25, 0.3) is 0 Å². The minimum absolute atomic E-state index is 0.868. The van der Waals surface area contributed by atoms with E-state index < -0.39 is 5.43 Å². The second kappa shape index (κ2) is 6.62. The number of halogens is 1. The largest absolute Gasteiger partial charge is 0.497 e. The van der Waals surface area contributed by atoms with Crippen LogP contribution in [0, 0.1) is 0 Å². The van der Waals surface area contributed by atoms with Crippen molar-refractivity contribution in [1.29, 1.82) is 0 Å². The van der Waals surface area contributed by atoms with Crippen LogP contribution in [0.2, 0.25) is 0 Å². The number of benzene rings is 1. The van der Waals surface area contributed by atoms with Gasteiger partial charge in [0.2, 0.25) is 0 Å². The molecule has 5 heteroatoms. The first-order chi connectivity index (χ1) is 6.06. The van der Waals surface area contributed by atoms with Gasteiger partial charge in [0.15, 0.2) is 0 Å². The van der Waals surface area contributed by atoms with Crippen molar-refractivity contribution in [2.45, 2.75) is 4.90 Å². The van der Waals surface area contributed by atoms with Crippen molar-refractivity contribution in [1.82, 2.24) is 0 Å². The SMILES string of the molecule is COc1ccc(S)cc1.O=C(O)Cl. The van der Waals surface area contributed by atoms with Gasteiger partial charge in [-0.25, -0.2) is 4.79 Å². The van der Waals surface area contributed by atoms with Gasteiger partial charge in [0.05, 0.1) is 7.11 Å². The summed E-state index contributed by atoms with van der Waals surface area (Å²) in [5, 5.41) is 7.18. The fourth-order valence-corrected chi connectivity index (χ4v) is 0.731. The zero-order valence-corrected chi connectivity index (χ0v) is 8.55. The summed E-state index contributed by atoms with van der Waals surface area (Å²) in [6.07, 6.45) is 0. The lowest BCUT2D eigenvalue weighted by atomic mass is 10.3. The molecule has 1 N–H and O–H groups in total. The van der Waals surface area contributed by atoms with Crippen molar-refractivity contribution in [3.05, 3.63) is 24.3 Å². The number of carboxylic acid groups (broad SMARTS) is 1. The molecule has 0 aliphatic rings. The van der Waals surface area contributed by atoms with E-state index in [0.717, 1.165) is 10.6 Å². The van der Waals surface area contributed by atoms with Gasteiger partial charge < -0.3 is 9.84 Å². The highest BCUT2D eigenvalue weighted by molar-refractivity contribution is 7.80. The van der Waals surface area contributed by atoms with Crippen molar-refractivity contribution < 1.29 is 14.6 Å². The fourth-order valence-electron chi connectivity index (χ4n) is 0.582. The van der Waals surface area contributed by atoms with Crippen LogP contribution in [0.3, 0.4) is 0 Å². The van der Waals surface area contributed by atoms with E-state index in [0.29, 0.717) is 0 Å². The number of ether oxygens (including phenoxy) is 1. The maximum absolute atomic E-state index is 8.77. The molecule has 0 saturated carbocycles. The standard InChI is InChI=1S/C7H8OS.CHClO2/c1-8-6-2-4-7(9)5-3-6;2-1(3)4/h2-5,9H,1H3;(H,3,4). The minimum Gasteiger partial charge on any atom is -0.497 e. The predicted molar refractivity (Wildman–Crippen MR) is 54.1 cm³/mol. The van der Waals surface area contributed by atoms with Gasteiger partial charge in [0.25, 0.3) is 0 Å². The van der Waals surface area contributed by atoms with Crippen LogP contribution < -0.4 is 4.74 Å². The zero-order chi connectivity index (χ0) is 10.3. The summed E-state index contributed by atoms with van der Waals surface area (Å²) in [7, 11) is 1.65. The smallest absolute Gasteiger partial charge is 0.401 e. The first-order valence-electron chi connectivity index (χ1n) is 3.27. The number of rotatable bonds is 1. The van der Waals surface area contributed by atoms with Crippen molar-refractivity contribution >= 4 is 29.7 Å². The van der Waals surface area contributed by atoms with Crippen LogP contribution in [0.1, 0.15) is 0 Å². The zero-order valence-electron chi connectivity index (χ0n) is 6.90. The predicted octanol–water partition coefficient (Wildman–Crippen LogP) is 2.89. The van der Waals surface area contributed by atoms with Gasteiger partial charge in [0.1, 0.15) is 5.75 Å². The maximum atomic E-state index is 8.77. The number of hydrogen-bond acceptors (Lipinski definition) is 3. The van der Waals surface area contributed by atoms with Gasteiger partial charge in [0, 0.05) is 16.5 Å². The second-order valence-corrected chi connectivity index (χ2v) is 2.79. The molecule has 3 nitrogen and oxygen atoms in total. The Labute approximate surface area is 86.7 Å². The lowest BCUT2D eigenvalue weighted by Crippen LogP contribution is -1.79. The fraction of sp³-hybridized carbons (Fsp3) is 0.125. The van der Waals surface area contributed by atoms with Crippen molar-refractivity contribution in [2.24, 2.45) is 0 Å². The molecule has 0 aliphatic heterocycles. The Morgan fingerprint density at radius 2 is 1.85 bits per heavy atom. The summed E-state index contributed by atoms with van der Waals surface area (Å²) in [6.45, 7) is 0. The van der Waals surface area contributed by atoms with Gasteiger partial charge in [-0.2, -0.15) is 0 Å². The molecule has 0 aromatic heterocycles. The number of hydrogen-bond donors (Lipinski definition) is 2. The molecule has 0 unspecified atom stereocenters. The highest BCUT2D eigenvalue weighted by Gasteiger charge is 1.86. The lowest BCUT2D eigenvalue weighted by molar-refractivity contribution is 0.220. The van der Waals surface area contributed by atoms with E-state index in [1.165, 1.54) is 0 Å². The van der Waals surface area contributed by atoms with E-state index in [4.69, 9.17) is 14.6 Å². The molecule has 1 aromatic rings. The van der Waals surface area contributed by atoms with E-state index in [1.54, 1.807) is 7.11 Å². The van der Waals surface area contributed by atoms with E-state index in [-0.39, 0.29) is 0 Å². The highest BCUT2D eigenvalue weighted by atomic mass is 35.5. The Morgan fingerprint density at radius 1 is 1.46 bits per heavy atom. The molecule has 0 spiro atoms. The first-order valence-corrected chi connectivity index (χ1v) is 4.10. The molecule has 0 fully saturated rings. The average molecular weight is 221 g/mol. The Balaban J connectivity index is 0.000000310. The number of methoxy groups -OCH3 is 1. The molecule has 0 atom stereocenters. The third-order valence-electron chi connectivity index (χ3n) is 1.07. The molecule has 72 valence electrons. The molecule has 0 saturated heterocycles. The van der Waals surface area contributed by atoms with Crippen molar-refractivity contribution in [2.75, 3.05) is 7.11 Å². The summed E-state index contributed by atoms with van der Waals surface area (Å²) in [6, 6.07) is 7.54. The molecule has 1 aromatic carbocycles. The molecule has 1 rings (SSSR count). The van der Waals surface area contributed by atoms with Crippen LogP contribution in [-0.2, 0) is 0 Å². The highest BCUT2D eigenvalue weighted by Crippen LogP contribution is 2.12. The number of thiol groups is 1. The van der Waals surface area contributed by atoms with Gasteiger partial charge in [-0.15, -0.1) is 12.6 Å². The van der Waals surface area contributed by atoms with E-state index in [1.807, 2.05) is 24.3 Å². The monoisotopic (exact) mass is 220 g/mol. The van der Waals surface area contributed by atoms with E-state index >= 15 is 0 Å². The molecule has 0 heterocycles. The van der Waals surface area contributed by atoms with Gasteiger partial charge in [-0.3, -0.25) is 0 Å². The Hall–Kier alpha value is -0.870. The quantitative estimate of drug-likeness (QED) is 0.565. The normalized spacial score (nSPS) is 8.23. The Bertz CT molecular complexity index is 257. The third-order valence-corrected chi connectivity index (χ3v) is 1.37. The van der Waals surface area contributed by atoms with Gasteiger partial charge in [-0.1, -0.05) is 0 Å². The van der Waals surface area contributed by atoms with E-state index in [9.17, 15) is 0 Å². The minimum atomic E-state index is -1.36. The Morgan fingerprint density at radius 3 is 2.15 bits per heavy atom. The topological polar surface area (TPSA) is 46.5 Å². The van der Waals surface area contributed by atoms with Crippen molar-refractivity contribution in [3.8, 4) is 5.75 Å². The van der Waals surface area contributed by atoms with Crippen LogP contribution in [0.5, 0.6) is 5.75 Å². The van der Waals surface area contributed by atoms with Crippen molar-refractivity contribution in [3.63, 3.8) is 0 Å². The molecule has 0 bridgehead atoms. The third kappa shape index (κ3) is 7.49. The molecular weight excluding hydrogens is 212 g/mol. The lowest BCUT2D eigenvalue weighted by Gasteiger charge is -1.96. The second-order valence-electron chi connectivity index (χ2n) is 1.95. The number of carbonyl (C=O) groups is 1.